The van der Waals surface area contributed by atoms with Gasteiger partial charge in [-0.25, -0.2) is 20.0 Å². The lowest BCUT2D eigenvalue weighted by Gasteiger charge is -2.44. The molecule has 0 aliphatic carbocycles. The summed E-state index contributed by atoms with van der Waals surface area (Å²) in [4.78, 5) is 31.4. The third-order valence-corrected chi connectivity index (χ3v) is 7.75. The van der Waals surface area contributed by atoms with E-state index >= 15 is 0 Å². The van der Waals surface area contributed by atoms with Gasteiger partial charge in [-0.05, 0) is 38.8 Å². The van der Waals surface area contributed by atoms with Gasteiger partial charge in [-0.3, -0.25) is 9.69 Å². The van der Waals surface area contributed by atoms with Crippen molar-refractivity contribution in [2.75, 3.05) is 69.7 Å². The van der Waals surface area contributed by atoms with E-state index in [1.165, 1.54) is 24.2 Å². The first-order valence-corrected chi connectivity index (χ1v) is 12.8. The highest BCUT2D eigenvalue weighted by molar-refractivity contribution is 7.17. The SMILES string of the molecule is Cc1nc(Nc2ncc(C(=O)NC3CN4CCC3CC4)s2)cc(NN2CCN(CCO)CC2)n1. The number of thiazole rings is 1. The summed E-state index contributed by atoms with van der Waals surface area (Å²) in [6.07, 6.45) is 3.97. The van der Waals surface area contributed by atoms with Gasteiger partial charge in [0.25, 0.3) is 5.91 Å². The van der Waals surface area contributed by atoms with Crippen LogP contribution < -0.4 is 16.1 Å². The number of aliphatic hydroxyl groups excluding tert-OH is 1. The van der Waals surface area contributed by atoms with Crippen LogP contribution in [0.2, 0.25) is 0 Å². The average Bonchev–Trinajstić information content (AvgIpc) is 3.30. The first kappa shape index (κ1) is 23.4. The number of nitrogens with one attached hydrogen (secondary N) is 3. The number of piperidine rings is 3. The first-order valence-electron chi connectivity index (χ1n) is 12.0. The number of aliphatic hydroxyl groups is 1. The number of piperazine rings is 1. The monoisotopic (exact) mass is 487 g/mol. The van der Waals surface area contributed by atoms with E-state index in [0.717, 1.165) is 45.8 Å². The van der Waals surface area contributed by atoms with Crippen LogP contribution in [-0.2, 0) is 0 Å². The Hall–Kier alpha value is -2.38. The van der Waals surface area contributed by atoms with E-state index in [2.05, 4.69) is 45.8 Å². The maximum atomic E-state index is 12.8. The molecule has 1 atom stereocenters. The zero-order valence-electron chi connectivity index (χ0n) is 19.5. The minimum absolute atomic E-state index is 0.0501. The highest BCUT2D eigenvalue weighted by atomic mass is 32.1. The van der Waals surface area contributed by atoms with Crippen molar-refractivity contribution in [3.8, 4) is 0 Å². The van der Waals surface area contributed by atoms with Gasteiger partial charge in [0.2, 0.25) is 0 Å². The maximum absolute atomic E-state index is 12.8. The highest BCUT2D eigenvalue weighted by Gasteiger charge is 2.35. The number of hydrazine groups is 1. The number of hydrogen-bond donors (Lipinski definition) is 4. The fraction of sp³-hybridized carbons (Fsp3) is 0.636. The van der Waals surface area contributed by atoms with Crippen LogP contribution in [0.25, 0.3) is 0 Å². The molecule has 2 bridgehead atoms. The largest absolute Gasteiger partial charge is 0.395 e. The van der Waals surface area contributed by atoms with Gasteiger partial charge < -0.3 is 26.1 Å². The normalized spacial score (nSPS) is 25.3. The van der Waals surface area contributed by atoms with Crippen molar-refractivity contribution in [1.82, 2.24) is 35.1 Å². The van der Waals surface area contributed by atoms with E-state index in [-0.39, 0.29) is 18.6 Å². The van der Waals surface area contributed by atoms with Gasteiger partial charge in [0.15, 0.2) is 5.13 Å². The van der Waals surface area contributed by atoms with Crippen molar-refractivity contribution in [2.24, 2.45) is 5.92 Å². The Kier molecular flexibility index (Phi) is 7.21. The van der Waals surface area contributed by atoms with Crippen LogP contribution in [0, 0.1) is 12.8 Å². The highest BCUT2D eigenvalue weighted by Crippen LogP contribution is 2.28. The summed E-state index contributed by atoms with van der Waals surface area (Å²) in [5.74, 6) is 2.52. The molecule has 0 saturated carbocycles. The number of aryl methyl sites for hydroxylation is 1. The minimum Gasteiger partial charge on any atom is -0.395 e. The molecule has 4 fully saturated rings. The molecule has 11 nitrogen and oxygen atoms in total. The second-order valence-electron chi connectivity index (χ2n) is 9.22. The van der Waals surface area contributed by atoms with Gasteiger partial charge in [0.05, 0.1) is 12.8 Å². The smallest absolute Gasteiger partial charge is 0.263 e. The number of aromatic nitrogens is 3. The Morgan fingerprint density at radius 2 is 1.91 bits per heavy atom. The molecule has 184 valence electrons. The van der Waals surface area contributed by atoms with E-state index in [1.54, 1.807) is 6.20 Å². The Bertz CT molecular complexity index is 987. The van der Waals surface area contributed by atoms with Crippen molar-refractivity contribution in [3.63, 3.8) is 0 Å². The van der Waals surface area contributed by atoms with E-state index in [1.807, 2.05) is 13.0 Å². The number of β-amino-alcohol motifs (C(OH)–C–C–N with tert-alkyl or cyclic N) is 1. The molecule has 4 aliphatic rings. The predicted octanol–water partition coefficient (Wildman–Crippen LogP) is 0.746. The third kappa shape index (κ3) is 5.63. The standard InChI is InChI=1S/C22H33N9O2S/c1-15-24-19(12-20(25-15)28-31-8-6-29(7-9-31)10-11-32)27-22-23-13-18(34-22)21(33)26-17-14-30-4-2-16(17)3-5-30/h12-13,16-17,32H,2-11,14H2,1H3,(H,26,33)(H2,23,24,25,27,28). The second kappa shape index (κ2) is 10.5. The lowest BCUT2D eigenvalue weighted by Crippen LogP contribution is -2.57. The summed E-state index contributed by atoms with van der Waals surface area (Å²) in [6, 6.07) is 2.08. The first-order chi connectivity index (χ1) is 16.6. The van der Waals surface area contributed by atoms with Crippen LogP contribution >= 0.6 is 11.3 Å². The summed E-state index contributed by atoms with van der Waals surface area (Å²) in [6.45, 7) is 9.49. The molecule has 4 N–H and O–H groups in total. The van der Waals surface area contributed by atoms with E-state index < -0.39 is 0 Å². The molecule has 4 saturated heterocycles. The number of nitrogens with zero attached hydrogens (tertiary/aromatic N) is 6. The van der Waals surface area contributed by atoms with Gasteiger partial charge in [0.1, 0.15) is 22.3 Å². The topological polar surface area (TPSA) is 122 Å². The van der Waals surface area contributed by atoms with Crippen LogP contribution in [-0.4, -0.2) is 106 Å². The zero-order chi connectivity index (χ0) is 23.5. The Morgan fingerprint density at radius 1 is 1.15 bits per heavy atom. The molecule has 2 aromatic rings. The van der Waals surface area contributed by atoms with Crippen molar-refractivity contribution in [2.45, 2.75) is 25.8 Å². The molecule has 6 rings (SSSR count). The number of amides is 1. The molecule has 12 heteroatoms. The average molecular weight is 488 g/mol. The molecule has 2 aromatic heterocycles. The number of carbonyl (C=O) groups excluding carboxylic acids is 1. The Balaban J connectivity index is 1.17. The number of rotatable bonds is 8. The Labute approximate surface area is 203 Å². The van der Waals surface area contributed by atoms with Gasteiger partial charge in [0, 0.05) is 51.4 Å². The molecule has 0 spiro atoms. The molecule has 1 unspecified atom stereocenters. The van der Waals surface area contributed by atoms with Gasteiger partial charge in [-0.15, -0.1) is 0 Å². The summed E-state index contributed by atoms with van der Waals surface area (Å²) in [7, 11) is 0. The molecule has 1 amide bonds. The molecule has 0 aromatic carbocycles. The minimum atomic E-state index is -0.0501. The second-order valence-corrected chi connectivity index (χ2v) is 10.3. The number of fused-ring (bicyclic) bond motifs is 3. The fourth-order valence-electron chi connectivity index (χ4n) is 4.99. The predicted molar refractivity (Wildman–Crippen MR) is 131 cm³/mol. The van der Waals surface area contributed by atoms with E-state index in [0.29, 0.717) is 39.9 Å². The number of carbonyl (C=O) groups is 1. The summed E-state index contributed by atoms with van der Waals surface area (Å²) in [5.41, 5.74) is 3.36. The van der Waals surface area contributed by atoms with Crippen molar-refractivity contribution < 1.29 is 9.90 Å². The quantitative estimate of drug-likeness (QED) is 0.424. The summed E-state index contributed by atoms with van der Waals surface area (Å²) in [5, 5.41) is 18.3. The van der Waals surface area contributed by atoms with Crippen molar-refractivity contribution in [3.05, 3.63) is 23.0 Å². The lowest BCUT2D eigenvalue weighted by atomic mass is 9.84. The summed E-state index contributed by atoms with van der Waals surface area (Å²) < 4.78 is 0. The lowest BCUT2D eigenvalue weighted by molar-refractivity contribution is 0.0622. The molecule has 0 radical (unpaired) electrons. The molecule has 4 aliphatic heterocycles. The molecular weight excluding hydrogens is 454 g/mol. The van der Waals surface area contributed by atoms with Crippen LogP contribution in [0.3, 0.4) is 0 Å². The fourth-order valence-corrected chi connectivity index (χ4v) is 5.72. The van der Waals surface area contributed by atoms with Crippen LogP contribution in [0.5, 0.6) is 0 Å². The molecule has 6 heterocycles. The van der Waals surface area contributed by atoms with Gasteiger partial charge >= 0.3 is 0 Å². The van der Waals surface area contributed by atoms with Crippen LogP contribution in [0.1, 0.15) is 28.3 Å². The zero-order valence-corrected chi connectivity index (χ0v) is 20.4. The third-order valence-electron chi connectivity index (χ3n) is 6.84. The van der Waals surface area contributed by atoms with Gasteiger partial charge in [-0.1, -0.05) is 11.3 Å². The van der Waals surface area contributed by atoms with Crippen molar-refractivity contribution >= 4 is 34.0 Å². The van der Waals surface area contributed by atoms with E-state index in [4.69, 9.17) is 5.11 Å². The Morgan fingerprint density at radius 3 is 2.62 bits per heavy atom. The van der Waals surface area contributed by atoms with Crippen LogP contribution in [0.4, 0.5) is 16.8 Å². The van der Waals surface area contributed by atoms with Gasteiger partial charge in [-0.2, -0.15) is 0 Å². The van der Waals surface area contributed by atoms with E-state index in [9.17, 15) is 4.79 Å². The van der Waals surface area contributed by atoms with Crippen molar-refractivity contribution in [1.29, 1.82) is 0 Å². The molecule has 34 heavy (non-hydrogen) atoms. The number of hydrogen-bond acceptors (Lipinski definition) is 11. The summed E-state index contributed by atoms with van der Waals surface area (Å²) >= 11 is 1.33. The molecular formula is C22H33N9O2S. The number of anilines is 3. The maximum Gasteiger partial charge on any atom is 0.263 e. The van der Waals surface area contributed by atoms with Crippen LogP contribution in [0.15, 0.2) is 12.3 Å².